The van der Waals surface area contributed by atoms with Gasteiger partial charge in [-0.1, -0.05) is 12.8 Å². The lowest BCUT2D eigenvalue weighted by Crippen LogP contribution is -2.42. The van der Waals surface area contributed by atoms with Crippen LogP contribution >= 0.6 is 0 Å². The van der Waals surface area contributed by atoms with Crippen LogP contribution in [-0.4, -0.2) is 19.3 Å². The molecule has 1 aliphatic rings. The summed E-state index contributed by atoms with van der Waals surface area (Å²) in [5.74, 6) is 0. The molecule has 1 N–H and O–H groups in total. The first-order valence-corrected chi connectivity index (χ1v) is 5.67. The normalized spacial score (nSPS) is 26.7. The van der Waals surface area contributed by atoms with E-state index < -0.39 is 0 Å². The molecule has 1 aromatic rings. The fraction of sp³-hybridized carbons (Fsp3) is 0.667. The molecule has 1 heterocycles. The molecule has 0 aliphatic heterocycles. The van der Waals surface area contributed by atoms with E-state index in [2.05, 4.69) is 5.32 Å². The molecule has 1 aliphatic carbocycles. The van der Waals surface area contributed by atoms with E-state index in [0.29, 0.717) is 12.1 Å². The van der Waals surface area contributed by atoms with Crippen molar-refractivity contribution >= 4 is 0 Å². The van der Waals surface area contributed by atoms with Gasteiger partial charge in [-0.15, -0.1) is 0 Å². The van der Waals surface area contributed by atoms with Gasteiger partial charge in [-0.05, 0) is 18.9 Å². The lowest BCUT2D eigenvalue weighted by molar-refractivity contribution is 0.0413. The number of hydrogen-bond acceptors (Lipinski definition) is 3. The van der Waals surface area contributed by atoms with E-state index in [-0.39, 0.29) is 0 Å². The van der Waals surface area contributed by atoms with Crippen LogP contribution in [0.2, 0.25) is 0 Å². The Balaban J connectivity index is 1.81. The standard InChI is InChI=1S/C12H19NO2/c1-14-12-5-3-2-4-11(12)13-8-10-6-7-15-9-10/h6-7,9,11-13H,2-5,8H2,1H3. The summed E-state index contributed by atoms with van der Waals surface area (Å²) in [6.07, 6.45) is 8.88. The summed E-state index contributed by atoms with van der Waals surface area (Å²) >= 11 is 0. The Kier molecular flexibility index (Phi) is 3.80. The van der Waals surface area contributed by atoms with Gasteiger partial charge in [-0.3, -0.25) is 0 Å². The van der Waals surface area contributed by atoms with Crippen molar-refractivity contribution in [3.63, 3.8) is 0 Å². The monoisotopic (exact) mass is 209 g/mol. The second-order valence-corrected chi connectivity index (χ2v) is 4.18. The quantitative estimate of drug-likeness (QED) is 0.826. The van der Waals surface area contributed by atoms with Gasteiger partial charge in [0.1, 0.15) is 0 Å². The summed E-state index contributed by atoms with van der Waals surface area (Å²) in [5.41, 5.74) is 1.20. The van der Waals surface area contributed by atoms with Gasteiger partial charge in [0.25, 0.3) is 0 Å². The highest BCUT2D eigenvalue weighted by molar-refractivity contribution is 5.05. The van der Waals surface area contributed by atoms with Crippen LogP contribution in [0, 0.1) is 0 Å². The van der Waals surface area contributed by atoms with Crippen molar-refractivity contribution in [2.45, 2.75) is 44.4 Å². The molecule has 0 amide bonds. The number of rotatable bonds is 4. The molecule has 2 atom stereocenters. The highest BCUT2D eigenvalue weighted by Crippen LogP contribution is 2.21. The van der Waals surface area contributed by atoms with Gasteiger partial charge >= 0.3 is 0 Å². The van der Waals surface area contributed by atoms with Gasteiger partial charge in [0, 0.05) is 25.3 Å². The van der Waals surface area contributed by atoms with Gasteiger partial charge in [0.05, 0.1) is 18.6 Å². The van der Waals surface area contributed by atoms with Crippen molar-refractivity contribution in [1.29, 1.82) is 0 Å². The van der Waals surface area contributed by atoms with Crippen LogP contribution in [0.4, 0.5) is 0 Å². The van der Waals surface area contributed by atoms with Crippen molar-refractivity contribution in [1.82, 2.24) is 5.32 Å². The maximum absolute atomic E-state index is 5.49. The van der Waals surface area contributed by atoms with Crippen LogP contribution in [-0.2, 0) is 11.3 Å². The maximum Gasteiger partial charge on any atom is 0.0947 e. The third kappa shape index (κ3) is 2.83. The first-order valence-electron chi connectivity index (χ1n) is 5.67. The molecule has 0 spiro atoms. The van der Waals surface area contributed by atoms with E-state index in [1.165, 1.54) is 31.2 Å². The Morgan fingerprint density at radius 2 is 2.33 bits per heavy atom. The summed E-state index contributed by atoms with van der Waals surface area (Å²) in [4.78, 5) is 0. The average molecular weight is 209 g/mol. The largest absolute Gasteiger partial charge is 0.472 e. The van der Waals surface area contributed by atoms with Gasteiger partial charge < -0.3 is 14.5 Å². The number of ether oxygens (including phenoxy) is 1. The smallest absolute Gasteiger partial charge is 0.0947 e. The van der Waals surface area contributed by atoms with Gasteiger partial charge in [-0.25, -0.2) is 0 Å². The Morgan fingerprint density at radius 3 is 3.07 bits per heavy atom. The zero-order valence-corrected chi connectivity index (χ0v) is 9.24. The molecule has 1 saturated carbocycles. The highest BCUT2D eigenvalue weighted by Gasteiger charge is 2.24. The number of furan rings is 1. The number of hydrogen-bond donors (Lipinski definition) is 1. The number of methoxy groups -OCH3 is 1. The van der Waals surface area contributed by atoms with Crippen molar-refractivity contribution in [3.05, 3.63) is 24.2 Å². The van der Waals surface area contributed by atoms with E-state index in [1.807, 2.05) is 13.2 Å². The summed E-state index contributed by atoms with van der Waals surface area (Å²) in [7, 11) is 1.81. The van der Waals surface area contributed by atoms with Crippen LogP contribution in [0.1, 0.15) is 31.2 Å². The molecular weight excluding hydrogens is 190 g/mol. The van der Waals surface area contributed by atoms with E-state index >= 15 is 0 Å². The van der Waals surface area contributed by atoms with E-state index in [1.54, 1.807) is 12.5 Å². The van der Waals surface area contributed by atoms with Crippen molar-refractivity contribution < 1.29 is 9.15 Å². The fourth-order valence-corrected chi connectivity index (χ4v) is 2.25. The van der Waals surface area contributed by atoms with Crippen LogP contribution in [0.25, 0.3) is 0 Å². The molecule has 0 saturated heterocycles. The maximum atomic E-state index is 5.49. The molecule has 3 nitrogen and oxygen atoms in total. The minimum Gasteiger partial charge on any atom is -0.472 e. The summed E-state index contributed by atoms with van der Waals surface area (Å²) in [6.45, 7) is 0.876. The van der Waals surface area contributed by atoms with E-state index in [0.717, 1.165) is 6.54 Å². The van der Waals surface area contributed by atoms with E-state index in [4.69, 9.17) is 9.15 Å². The number of nitrogens with one attached hydrogen (secondary N) is 1. The van der Waals surface area contributed by atoms with Crippen molar-refractivity contribution in [3.8, 4) is 0 Å². The molecule has 2 unspecified atom stereocenters. The second-order valence-electron chi connectivity index (χ2n) is 4.18. The first kappa shape index (κ1) is 10.7. The summed E-state index contributed by atoms with van der Waals surface area (Å²) in [5, 5.41) is 3.54. The molecule has 15 heavy (non-hydrogen) atoms. The fourth-order valence-electron chi connectivity index (χ4n) is 2.25. The molecule has 84 valence electrons. The van der Waals surface area contributed by atoms with E-state index in [9.17, 15) is 0 Å². The Hall–Kier alpha value is -0.800. The Morgan fingerprint density at radius 1 is 1.47 bits per heavy atom. The third-order valence-electron chi connectivity index (χ3n) is 3.15. The van der Waals surface area contributed by atoms with Gasteiger partial charge in [0.15, 0.2) is 0 Å². The predicted octanol–water partition coefficient (Wildman–Crippen LogP) is 2.33. The summed E-state index contributed by atoms with van der Waals surface area (Å²) in [6, 6.07) is 2.50. The van der Waals surface area contributed by atoms with Crippen LogP contribution in [0.3, 0.4) is 0 Å². The van der Waals surface area contributed by atoms with Crippen molar-refractivity contribution in [2.75, 3.05) is 7.11 Å². The lowest BCUT2D eigenvalue weighted by atomic mass is 9.92. The topological polar surface area (TPSA) is 34.4 Å². The van der Waals surface area contributed by atoms with Gasteiger partial charge in [0.2, 0.25) is 0 Å². The molecule has 3 heteroatoms. The van der Waals surface area contributed by atoms with Crippen LogP contribution in [0.5, 0.6) is 0 Å². The minimum absolute atomic E-state index is 0.380. The van der Waals surface area contributed by atoms with Crippen LogP contribution in [0.15, 0.2) is 23.0 Å². The molecule has 0 aromatic carbocycles. The minimum atomic E-state index is 0.380. The molecule has 2 rings (SSSR count). The molecule has 1 aromatic heterocycles. The molecule has 0 radical (unpaired) electrons. The lowest BCUT2D eigenvalue weighted by Gasteiger charge is -2.31. The van der Waals surface area contributed by atoms with Crippen molar-refractivity contribution in [2.24, 2.45) is 0 Å². The first-order chi connectivity index (χ1) is 7.40. The average Bonchev–Trinajstić information content (AvgIpc) is 2.79. The third-order valence-corrected chi connectivity index (χ3v) is 3.15. The van der Waals surface area contributed by atoms with Crippen LogP contribution < -0.4 is 5.32 Å². The predicted molar refractivity (Wildman–Crippen MR) is 58.6 cm³/mol. The second kappa shape index (κ2) is 5.33. The highest BCUT2D eigenvalue weighted by atomic mass is 16.5. The molecule has 0 bridgehead atoms. The Bertz CT molecular complexity index is 271. The summed E-state index contributed by atoms with van der Waals surface area (Å²) < 4.78 is 10.5. The zero-order valence-electron chi connectivity index (χ0n) is 9.24. The molecular formula is C12H19NO2. The molecule has 1 fully saturated rings. The SMILES string of the molecule is COC1CCCCC1NCc1ccoc1. The zero-order chi connectivity index (χ0) is 10.5. The van der Waals surface area contributed by atoms with Gasteiger partial charge in [-0.2, -0.15) is 0 Å². The Labute approximate surface area is 90.8 Å².